The fourth-order valence-electron chi connectivity index (χ4n) is 2.27. The van der Waals surface area contributed by atoms with Crippen LogP contribution in [-0.4, -0.2) is 21.1 Å². The average molecular weight is 272 g/mol. The van der Waals surface area contributed by atoms with E-state index in [0.29, 0.717) is 0 Å². The standard InChI is InChI=1S/C15H12O5/c16-9-3-1-8(2-4-9)13-7-11(18)14-12(20-13)6-5-10(17)15(14)19/h1-6,13,16-17,19H,7H2. The molecule has 2 aromatic carbocycles. The summed E-state index contributed by atoms with van der Waals surface area (Å²) in [6.45, 7) is 0. The quantitative estimate of drug-likeness (QED) is 0.694. The Morgan fingerprint density at radius 1 is 1.00 bits per heavy atom. The van der Waals surface area contributed by atoms with Gasteiger partial charge >= 0.3 is 0 Å². The topological polar surface area (TPSA) is 87.0 Å². The van der Waals surface area contributed by atoms with Gasteiger partial charge in [0, 0.05) is 0 Å². The number of phenols is 3. The number of carbonyl (C=O) groups excluding carboxylic acids is 1. The van der Waals surface area contributed by atoms with Gasteiger partial charge in [0.25, 0.3) is 0 Å². The number of ketones is 1. The van der Waals surface area contributed by atoms with Crippen molar-refractivity contribution in [2.75, 3.05) is 0 Å². The smallest absolute Gasteiger partial charge is 0.174 e. The van der Waals surface area contributed by atoms with Crippen LogP contribution in [0.2, 0.25) is 0 Å². The number of fused-ring (bicyclic) bond motifs is 1. The van der Waals surface area contributed by atoms with Crippen molar-refractivity contribution in [3.05, 3.63) is 47.5 Å². The second-order valence-corrected chi connectivity index (χ2v) is 4.63. The highest BCUT2D eigenvalue weighted by Gasteiger charge is 2.31. The highest BCUT2D eigenvalue weighted by molar-refractivity contribution is 6.03. The maximum Gasteiger partial charge on any atom is 0.174 e. The summed E-state index contributed by atoms with van der Waals surface area (Å²) in [7, 11) is 0. The first kappa shape index (κ1) is 12.3. The molecule has 0 saturated carbocycles. The molecule has 1 aliphatic rings. The second-order valence-electron chi connectivity index (χ2n) is 4.63. The van der Waals surface area contributed by atoms with Crippen LogP contribution in [0.1, 0.15) is 28.4 Å². The van der Waals surface area contributed by atoms with E-state index in [2.05, 4.69) is 0 Å². The minimum atomic E-state index is -0.473. The van der Waals surface area contributed by atoms with Crippen molar-refractivity contribution in [1.82, 2.24) is 0 Å². The van der Waals surface area contributed by atoms with E-state index in [1.165, 1.54) is 24.3 Å². The first-order valence-corrected chi connectivity index (χ1v) is 6.10. The fraction of sp³-hybridized carbons (Fsp3) is 0.133. The van der Waals surface area contributed by atoms with Crippen molar-refractivity contribution >= 4 is 5.78 Å². The molecule has 5 nitrogen and oxygen atoms in total. The molecule has 20 heavy (non-hydrogen) atoms. The van der Waals surface area contributed by atoms with Crippen LogP contribution in [0.3, 0.4) is 0 Å². The van der Waals surface area contributed by atoms with Gasteiger partial charge in [-0.2, -0.15) is 0 Å². The molecule has 0 bridgehead atoms. The van der Waals surface area contributed by atoms with Crippen LogP contribution in [0, 0.1) is 0 Å². The van der Waals surface area contributed by atoms with Gasteiger partial charge in [-0.3, -0.25) is 4.79 Å². The lowest BCUT2D eigenvalue weighted by Gasteiger charge is -2.26. The van der Waals surface area contributed by atoms with Crippen LogP contribution in [0.25, 0.3) is 0 Å². The molecule has 5 heteroatoms. The van der Waals surface area contributed by atoms with Gasteiger partial charge in [-0.1, -0.05) is 12.1 Å². The molecule has 0 amide bonds. The summed E-state index contributed by atoms with van der Waals surface area (Å²) in [5, 5.41) is 28.4. The fourth-order valence-corrected chi connectivity index (χ4v) is 2.27. The maximum atomic E-state index is 12.1. The van der Waals surface area contributed by atoms with Crippen LogP contribution in [-0.2, 0) is 0 Å². The lowest BCUT2D eigenvalue weighted by atomic mass is 9.95. The molecule has 3 N–H and O–H groups in total. The van der Waals surface area contributed by atoms with Gasteiger partial charge in [-0.15, -0.1) is 0 Å². The van der Waals surface area contributed by atoms with E-state index in [4.69, 9.17) is 4.74 Å². The number of ether oxygens (including phenoxy) is 1. The molecule has 1 unspecified atom stereocenters. The largest absolute Gasteiger partial charge is 0.508 e. The summed E-state index contributed by atoms with van der Waals surface area (Å²) in [4.78, 5) is 12.1. The minimum absolute atomic E-state index is 0.0139. The Balaban J connectivity index is 1.99. The molecule has 1 heterocycles. The highest BCUT2D eigenvalue weighted by Crippen LogP contribution is 2.42. The van der Waals surface area contributed by atoms with E-state index in [0.717, 1.165) is 5.56 Å². The van der Waals surface area contributed by atoms with Crippen LogP contribution in [0.4, 0.5) is 0 Å². The number of phenolic OH excluding ortho intramolecular Hbond substituents is 3. The van der Waals surface area contributed by atoms with Gasteiger partial charge in [0.05, 0.1) is 6.42 Å². The second kappa shape index (κ2) is 4.45. The lowest BCUT2D eigenvalue weighted by Crippen LogP contribution is -2.20. The van der Waals surface area contributed by atoms with Crippen LogP contribution >= 0.6 is 0 Å². The number of hydrogen-bond acceptors (Lipinski definition) is 5. The SMILES string of the molecule is O=C1CC(c2ccc(O)cc2)Oc2ccc(O)c(O)c21. The first-order chi connectivity index (χ1) is 9.56. The molecule has 1 atom stereocenters. The van der Waals surface area contributed by atoms with E-state index in [-0.39, 0.29) is 35.0 Å². The predicted octanol–water partition coefficient (Wildman–Crippen LogP) is 2.51. The van der Waals surface area contributed by atoms with Gasteiger partial charge in [-0.25, -0.2) is 0 Å². The predicted molar refractivity (Wildman–Crippen MR) is 70.2 cm³/mol. The summed E-state index contributed by atoms with van der Waals surface area (Å²) >= 11 is 0. The van der Waals surface area contributed by atoms with Gasteiger partial charge in [0.1, 0.15) is 23.2 Å². The summed E-state index contributed by atoms with van der Waals surface area (Å²) in [5.74, 6) is -0.702. The van der Waals surface area contributed by atoms with Gasteiger partial charge in [0.2, 0.25) is 0 Å². The molecule has 0 aliphatic carbocycles. The van der Waals surface area contributed by atoms with Gasteiger partial charge in [-0.05, 0) is 29.8 Å². The molecule has 0 fully saturated rings. The zero-order chi connectivity index (χ0) is 14.3. The molecule has 0 saturated heterocycles. The Labute approximate surface area is 114 Å². The van der Waals surface area contributed by atoms with E-state index in [1.54, 1.807) is 12.1 Å². The number of rotatable bonds is 1. The highest BCUT2D eigenvalue weighted by atomic mass is 16.5. The monoisotopic (exact) mass is 272 g/mol. The van der Waals surface area contributed by atoms with Crippen molar-refractivity contribution in [2.24, 2.45) is 0 Å². The average Bonchev–Trinajstić information content (AvgIpc) is 2.43. The summed E-state index contributed by atoms with van der Waals surface area (Å²) < 4.78 is 5.69. The zero-order valence-electron chi connectivity index (χ0n) is 10.4. The maximum absolute atomic E-state index is 12.1. The molecule has 1 aliphatic heterocycles. The Kier molecular flexibility index (Phi) is 2.75. The third-order valence-corrected chi connectivity index (χ3v) is 3.30. The molecule has 0 radical (unpaired) electrons. The third kappa shape index (κ3) is 1.93. The number of hydrogen-bond donors (Lipinski definition) is 3. The van der Waals surface area contributed by atoms with Crippen molar-refractivity contribution in [3.63, 3.8) is 0 Å². The molecule has 2 aromatic rings. The van der Waals surface area contributed by atoms with E-state index in [1.807, 2.05) is 0 Å². The number of Topliss-reactive ketones (excluding diaryl/α,β-unsaturated/α-hetero) is 1. The Morgan fingerprint density at radius 3 is 2.40 bits per heavy atom. The van der Waals surface area contributed by atoms with Gasteiger partial charge < -0.3 is 20.1 Å². The van der Waals surface area contributed by atoms with E-state index in [9.17, 15) is 20.1 Å². The normalized spacial score (nSPS) is 17.4. The zero-order valence-corrected chi connectivity index (χ0v) is 10.4. The summed E-state index contributed by atoms with van der Waals surface area (Å²) in [6, 6.07) is 9.13. The molecule has 0 spiro atoms. The van der Waals surface area contributed by atoms with Crippen molar-refractivity contribution in [2.45, 2.75) is 12.5 Å². The van der Waals surface area contributed by atoms with E-state index < -0.39 is 11.9 Å². The Bertz CT molecular complexity index is 675. The molecular formula is C15H12O5. The molecule has 0 aromatic heterocycles. The van der Waals surface area contributed by atoms with Crippen LogP contribution in [0.5, 0.6) is 23.0 Å². The molecular weight excluding hydrogens is 260 g/mol. The van der Waals surface area contributed by atoms with Crippen molar-refractivity contribution in [1.29, 1.82) is 0 Å². The Hall–Kier alpha value is -2.69. The Morgan fingerprint density at radius 2 is 1.70 bits per heavy atom. The van der Waals surface area contributed by atoms with Crippen molar-refractivity contribution < 1.29 is 24.9 Å². The summed E-state index contributed by atoms with van der Waals surface area (Å²) in [5.41, 5.74) is 0.773. The van der Waals surface area contributed by atoms with Gasteiger partial charge in [0.15, 0.2) is 17.3 Å². The van der Waals surface area contributed by atoms with Crippen LogP contribution < -0.4 is 4.74 Å². The number of carbonyl (C=O) groups is 1. The third-order valence-electron chi connectivity index (χ3n) is 3.30. The first-order valence-electron chi connectivity index (χ1n) is 6.10. The molecule has 102 valence electrons. The number of aromatic hydroxyl groups is 3. The minimum Gasteiger partial charge on any atom is -0.508 e. The van der Waals surface area contributed by atoms with E-state index >= 15 is 0 Å². The lowest BCUT2D eigenvalue weighted by molar-refractivity contribution is 0.0844. The molecule has 3 rings (SSSR count). The summed E-state index contributed by atoms with van der Waals surface area (Å²) in [6.07, 6.45) is -0.408. The van der Waals surface area contributed by atoms with Crippen molar-refractivity contribution in [3.8, 4) is 23.0 Å². The number of benzene rings is 2. The van der Waals surface area contributed by atoms with Crippen LogP contribution in [0.15, 0.2) is 36.4 Å².